The summed E-state index contributed by atoms with van der Waals surface area (Å²) < 4.78 is 5.47. The van der Waals surface area contributed by atoms with Crippen molar-refractivity contribution < 1.29 is 9.53 Å². The van der Waals surface area contributed by atoms with Crippen LogP contribution in [0.3, 0.4) is 0 Å². The van der Waals surface area contributed by atoms with Gasteiger partial charge in [-0.15, -0.1) is 0 Å². The normalized spacial score (nSPS) is 10.5. The molecule has 0 radical (unpaired) electrons. The van der Waals surface area contributed by atoms with Crippen molar-refractivity contribution in [2.45, 2.75) is 0 Å². The van der Waals surface area contributed by atoms with Gasteiger partial charge in [-0.3, -0.25) is 0 Å². The number of nitrogens with two attached hydrogens (primary N) is 2. The van der Waals surface area contributed by atoms with Crippen LogP contribution in [0.15, 0.2) is 60.7 Å². The zero-order valence-corrected chi connectivity index (χ0v) is 11.2. The molecule has 3 aromatic rings. The number of rotatable bonds is 2. The lowest BCUT2D eigenvalue weighted by Crippen LogP contribution is -2.10. The van der Waals surface area contributed by atoms with Gasteiger partial charge in [0.25, 0.3) is 0 Å². The maximum absolute atomic E-state index is 12.2. The number of ether oxygens (including phenoxy) is 1. The molecule has 0 heterocycles. The molecule has 0 saturated carbocycles. The molecule has 0 atom stereocenters. The van der Waals surface area contributed by atoms with Crippen LogP contribution in [0.4, 0.5) is 11.4 Å². The fourth-order valence-electron chi connectivity index (χ4n) is 2.24. The lowest BCUT2D eigenvalue weighted by Gasteiger charge is -2.08. The molecule has 3 aromatic carbocycles. The minimum absolute atomic E-state index is 0.334. The van der Waals surface area contributed by atoms with Crippen molar-refractivity contribution in [1.82, 2.24) is 0 Å². The third-order valence-electron chi connectivity index (χ3n) is 3.17. The van der Waals surface area contributed by atoms with Crippen molar-refractivity contribution >= 4 is 28.1 Å². The molecular weight excluding hydrogens is 264 g/mol. The standard InChI is InChI=1S/C17H14N2O2/c18-13-8-12(9-14(19)10-13)17(20)21-16-7-3-5-11-4-1-2-6-15(11)16/h1-10H,18-19H2. The van der Waals surface area contributed by atoms with E-state index in [1.54, 1.807) is 24.3 Å². The molecule has 21 heavy (non-hydrogen) atoms. The molecule has 4 N–H and O–H groups in total. The van der Waals surface area contributed by atoms with Gasteiger partial charge in [0.15, 0.2) is 0 Å². The van der Waals surface area contributed by atoms with Crippen LogP contribution in [0.5, 0.6) is 5.75 Å². The second-order valence-corrected chi connectivity index (χ2v) is 4.76. The van der Waals surface area contributed by atoms with Gasteiger partial charge in [0.1, 0.15) is 5.75 Å². The summed E-state index contributed by atoms with van der Waals surface area (Å²) in [5.74, 6) is 0.0319. The summed E-state index contributed by atoms with van der Waals surface area (Å²) in [7, 11) is 0. The SMILES string of the molecule is Nc1cc(N)cc(C(=O)Oc2cccc3ccccc23)c1. The molecule has 0 aromatic heterocycles. The van der Waals surface area contributed by atoms with Crippen LogP contribution < -0.4 is 16.2 Å². The number of hydrogen-bond acceptors (Lipinski definition) is 4. The number of esters is 1. The van der Waals surface area contributed by atoms with Gasteiger partial charge in [0.2, 0.25) is 0 Å². The molecule has 0 unspecified atom stereocenters. The summed E-state index contributed by atoms with van der Waals surface area (Å²) in [6.07, 6.45) is 0. The van der Waals surface area contributed by atoms with Crippen molar-refractivity contribution in [2.24, 2.45) is 0 Å². The Bertz CT molecular complexity index is 802. The van der Waals surface area contributed by atoms with Crippen molar-refractivity contribution in [3.05, 3.63) is 66.2 Å². The summed E-state index contributed by atoms with van der Waals surface area (Å²) in [5.41, 5.74) is 12.6. The van der Waals surface area contributed by atoms with Gasteiger partial charge in [-0.05, 0) is 29.7 Å². The van der Waals surface area contributed by atoms with Crippen LogP contribution in [0, 0.1) is 0 Å². The zero-order valence-electron chi connectivity index (χ0n) is 11.2. The molecule has 0 aliphatic carbocycles. The van der Waals surface area contributed by atoms with Crippen LogP contribution in [-0.4, -0.2) is 5.97 Å². The van der Waals surface area contributed by atoms with Gasteiger partial charge in [-0.25, -0.2) is 4.79 Å². The molecule has 0 saturated heterocycles. The van der Waals surface area contributed by atoms with Gasteiger partial charge in [0, 0.05) is 16.8 Å². The summed E-state index contributed by atoms with van der Waals surface area (Å²) in [4.78, 5) is 12.2. The lowest BCUT2D eigenvalue weighted by molar-refractivity contribution is 0.0737. The third kappa shape index (κ3) is 2.65. The molecule has 3 rings (SSSR count). The minimum atomic E-state index is -0.481. The zero-order chi connectivity index (χ0) is 14.8. The van der Waals surface area contributed by atoms with Crippen LogP contribution in [0.25, 0.3) is 10.8 Å². The Labute approximate surface area is 121 Å². The Hall–Kier alpha value is -3.01. The van der Waals surface area contributed by atoms with Crippen LogP contribution in [0.2, 0.25) is 0 Å². The molecule has 0 fully saturated rings. The molecule has 4 heteroatoms. The maximum Gasteiger partial charge on any atom is 0.343 e. The molecular formula is C17H14N2O2. The average molecular weight is 278 g/mol. The van der Waals surface area contributed by atoms with E-state index >= 15 is 0 Å². The predicted octanol–water partition coefficient (Wildman–Crippen LogP) is 3.22. The van der Waals surface area contributed by atoms with E-state index in [1.165, 1.54) is 0 Å². The van der Waals surface area contributed by atoms with Crippen molar-refractivity contribution in [3.63, 3.8) is 0 Å². The van der Waals surface area contributed by atoms with Gasteiger partial charge < -0.3 is 16.2 Å². The van der Waals surface area contributed by atoms with Gasteiger partial charge in [-0.2, -0.15) is 0 Å². The maximum atomic E-state index is 12.2. The molecule has 0 bridgehead atoms. The van der Waals surface area contributed by atoms with E-state index < -0.39 is 5.97 Å². The van der Waals surface area contributed by atoms with Crippen LogP contribution >= 0.6 is 0 Å². The highest BCUT2D eigenvalue weighted by atomic mass is 16.5. The summed E-state index contributed by atoms with van der Waals surface area (Å²) in [6, 6.07) is 18.0. The first kappa shape index (κ1) is 13.0. The number of carbonyl (C=O) groups excluding carboxylic acids is 1. The predicted molar refractivity (Wildman–Crippen MR) is 84.2 cm³/mol. The monoisotopic (exact) mass is 278 g/mol. The van der Waals surface area contributed by atoms with E-state index in [4.69, 9.17) is 16.2 Å². The lowest BCUT2D eigenvalue weighted by atomic mass is 10.1. The van der Waals surface area contributed by atoms with Crippen molar-refractivity contribution in [2.75, 3.05) is 11.5 Å². The van der Waals surface area contributed by atoms with E-state index in [2.05, 4.69) is 0 Å². The quantitative estimate of drug-likeness (QED) is 0.428. The number of carbonyl (C=O) groups is 1. The summed E-state index contributed by atoms with van der Waals surface area (Å²) >= 11 is 0. The fraction of sp³-hybridized carbons (Fsp3) is 0. The largest absolute Gasteiger partial charge is 0.422 e. The first-order chi connectivity index (χ1) is 10.1. The van der Waals surface area contributed by atoms with E-state index in [9.17, 15) is 4.79 Å². The average Bonchev–Trinajstić information content (AvgIpc) is 2.46. The number of benzene rings is 3. The fourth-order valence-corrected chi connectivity index (χ4v) is 2.24. The first-order valence-corrected chi connectivity index (χ1v) is 6.49. The Kier molecular flexibility index (Phi) is 3.20. The second kappa shape index (κ2) is 5.17. The van der Waals surface area contributed by atoms with Gasteiger partial charge in [0.05, 0.1) is 5.56 Å². The number of fused-ring (bicyclic) bond motifs is 1. The second-order valence-electron chi connectivity index (χ2n) is 4.76. The highest BCUT2D eigenvalue weighted by Gasteiger charge is 2.11. The number of nitrogen functional groups attached to an aromatic ring is 2. The summed E-state index contributed by atoms with van der Waals surface area (Å²) in [5, 5.41) is 1.89. The first-order valence-electron chi connectivity index (χ1n) is 6.49. The van der Waals surface area contributed by atoms with Gasteiger partial charge in [-0.1, -0.05) is 36.4 Å². The molecule has 0 aliphatic heterocycles. The summed E-state index contributed by atoms with van der Waals surface area (Å²) in [6.45, 7) is 0. The minimum Gasteiger partial charge on any atom is -0.422 e. The number of anilines is 2. The van der Waals surface area contributed by atoms with E-state index in [-0.39, 0.29) is 0 Å². The Morgan fingerprint density at radius 1 is 0.857 bits per heavy atom. The van der Waals surface area contributed by atoms with E-state index in [1.807, 2.05) is 36.4 Å². The number of hydrogen-bond donors (Lipinski definition) is 2. The smallest absolute Gasteiger partial charge is 0.343 e. The molecule has 0 spiro atoms. The highest BCUT2D eigenvalue weighted by molar-refractivity contribution is 5.96. The molecule has 4 nitrogen and oxygen atoms in total. The Morgan fingerprint density at radius 3 is 2.29 bits per heavy atom. The topological polar surface area (TPSA) is 78.3 Å². The molecule has 0 amide bonds. The molecule has 104 valence electrons. The van der Waals surface area contributed by atoms with Crippen molar-refractivity contribution in [3.8, 4) is 5.75 Å². The third-order valence-corrected chi connectivity index (χ3v) is 3.17. The van der Waals surface area contributed by atoms with Crippen LogP contribution in [-0.2, 0) is 0 Å². The van der Waals surface area contributed by atoms with E-state index in [0.29, 0.717) is 22.7 Å². The Balaban J connectivity index is 1.96. The van der Waals surface area contributed by atoms with Gasteiger partial charge >= 0.3 is 5.97 Å². The van der Waals surface area contributed by atoms with Crippen molar-refractivity contribution in [1.29, 1.82) is 0 Å². The Morgan fingerprint density at radius 2 is 1.52 bits per heavy atom. The van der Waals surface area contributed by atoms with Crippen LogP contribution in [0.1, 0.15) is 10.4 Å². The highest BCUT2D eigenvalue weighted by Crippen LogP contribution is 2.26. The molecule has 0 aliphatic rings. The van der Waals surface area contributed by atoms with E-state index in [0.717, 1.165) is 10.8 Å².